The Hall–Kier alpha value is -4.44. The monoisotopic (exact) mass is 558 g/mol. The van der Waals surface area contributed by atoms with Gasteiger partial charge in [0.05, 0.1) is 24.8 Å². The Labute approximate surface area is 239 Å². The van der Waals surface area contributed by atoms with E-state index in [2.05, 4.69) is 9.88 Å². The number of imide groups is 1. The lowest BCUT2D eigenvalue weighted by Gasteiger charge is -2.39. The summed E-state index contributed by atoms with van der Waals surface area (Å²) in [4.78, 5) is 47.1. The van der Waals surface area contributed by atoms with Crippen molar-refractivity contribution in [3.05, 3.63) is 89.1 Å². The summed E-state index contributed by atoms with van der Waals surface area (Å²) in [5.74, 6) is -0.0252. The topological polar surface area (TPSA) is 113 Å². The molecule has 1 atom stereocenters. The lowest BCUT2D eigenvalue weighted by Crippen LogP contribution is -2.47. The van der Waals surface area contributed by atoms with Crippen LogP contribution in [0.4, 0.5) is 9.59 Å². The summed E-state index contributed by atoms with van der Waals surface area (Å²) in [5.41, 5.74) is 3.15. The lowest BCUT2D eigenvalue weighted by atomic mass is 9.98. The molecule has 0 unspecified atom stereocenters. The summed E-state index contributed by atoms with van der Waals surface area (Å²) in [5, 5.41) is 9.06. The maximum Gasteiger partial charge on any atom is 0.418 e. The molecular formula is C31H34N4O6. The number of carbonyl (C=O) groups excluding carboxylic acids is 2. The Morgan fingerprint density at radius 1 is 1.00 bits per heavy atom. The van der Waals surface area contributed by atoms with Crippen LogP contribution in [0.15, 0.2) is 66.7 Å². The second kappa shape index (κ2) is 12.4. The summed E-state index contributed by atoms with van der Waals surface area (Å²) < 4.78 is 11.0. The van der Waals surface area contributed by atoms with Crippen molar-refractivity contribution in [2.45, 2.75) is 45.3 Å². The summed E-state index contributed by atoms with van der Waals surface area (Å²) in [6.45, 7) is 6.53. The maximum atomic E-state index is 13.4. The van der Waals surface area contributed by atoms with Gasteiger partial charge < -0.3 is 19.5 Å². The highest BCUT2D eigenvalue weighted by Gasteiger charge is 2.45. The van der Waals surface area contributed by atoms with Crippen LogP contribution in [0.1, 0.15) is 53.0 Å². The zero-order valence-corrected chi connectivity index (χ0v) is 23.2. The molecule has 2 fully saturated rings. The number of hydrogen-bond acceptors (Lipinski definition) is 7. The molecule has 2 aliphatic heterocycles. The molecular weight excluding hydrogens is 524 g/mol. The molecule has 0 radical (unpaired) electrons. The van der Waals surface area contributed by atoms with Crippen LogP contribution >= 0.6 is 0 Å². The fourth-order valence-corrected chi connectivity index (χ4v) is 5.49. The molecule has 0 saturated carbocycles. The lowest BCUT2D eigenvalue weighted by molar-refractivity contribution is 0.0696. The molecule has 3 amide bonds. The highest BCUT2D eigenvalue weighted by molar-refractivity contribution is 5.93. The summed E-state index contributed by atoms with van der Waals surface area (Å²) in [6, 6.07) is 19.4. The normalized spacial score (nSPS) is 18.0. The second-order valence-electron chi connectivity index (χ2n) is 10.3. The molecule has 41 heavy (non-hydrogen) atoms. The van der Waals surface area contributed by atoms with Crippen LogP contribution in [-0.4, -0.2) is 75.2 Å². The van der Waals surface area contributed by atoms with Gasteiger partial charge in [0, 0.05) is 37.4 Å². The molecule has 0 aliphatic carbocycles. The largest absolute Gasteiger partial charge is 0.478 e. The van der Waals surface area contributed by atoms with Gasteiger partial charge in [-0.25, -0.2) is 24.3 Å². The number of carboxylic acid groups (broad SMARTS) is 1. The van der Waals surface area contributed by atoms with Crippen LogP contribution in [0.5, 0.6) is 11.6 Å². The first-order valence-electron chi connectivity index (χ1n) is 13.9. The summed E-state index contributed by atoms with van der Waals surface area (Å²) >= 11 is 0. The molecule has 214 valence electrons. The van der Waals surface area contributed by atoms with E-state index in [0.29, 0.717) is 11.6 Å². The van der Waals surface area contributed by atoms with Gasteiger partial charge in [0.25, 0.3) is 0 Å². The number of amides is 3. The van der Waals surface area contributed by atoms with Gasteiger partial charge >= 0.3 is 18.1 Å². The Morgan fingerprint density at radius 3 is 2.34 bits per heavy atom. The van der Waals surface area contributed by atoms with Crippen molar-refractivity contribution in [2.24, 2.45) is 0 Å². The summed E-state index contributed by atoms with van der Waals surface area (Å²) in [6.07, 6.45) is 1.00. The third-order valence-corrected chi connectivity index (χ3v) is 7.65. The number of rotatable bonds is 8. The van der Waals surface area contributed by atoms with Gasteiger partial charge in [-0.2, -0.15) is 0 Å². The molecule has 10 nitrogen and oxygen atoms in total. The van der Waals surface area contributed by atoms with Crippen molar-refractivity contribution >= 4 is 18.1 Å². The third-order valence-electron chi connectivity index (χ3n) is 7.65. The number of aryl methyl sites for hydroxylation is 1. The van der Waals surface area contributed by atoms with E-state index in [0.717, 1.165) is 49.3 Å². The van der Waals surface area contributed by atoms with Crippen molar-refractivity contribution in [1.82, 2.24) is 19.7 Å². The van der Waals surface area contributed by atoms with Crippen LogP contribution in [0.3, 0.4) is 0 Å². The maximum absolute atomic E-state index is 13.4. The fourth-order valence-electron chi connectivity index (χ4n) is 5.49. The van der Waals surface area contributed by atoms with Crippen LogP contribution in [0.2, 0.25) is 0 Å². The van der Waals surface area contributed by atoms with E-state index in [4.69, 9.17) is 14.6 Å². The van der Waals surface area contributed by atoms with E-state index in [1.165, 1.54) is 17.0 Å². The van der Waals surface area contributed by atoms with Crippen molar-refractivity contribution in [3.63, 3.8) is 0 Å². The fraction of sp³-hybridized carbons (Fsp3) is 0.355. The highest BCUT2D eigenvalue weighted by Crippen LogP contribution is 2.35. The average Bonchev–Trinajstić information content (AvgIpc) is 3.33. The van der Waals surface area contributed by atoms with E-state index in [1.807, 2.05) is 54.3 Å². The Kier molecular flexibility index (Phi) is 8.49. The van der Waals surface area contributed by atoms with E-state index in [-0.39, 0.29) is 36.8 Å². The zero-order valence-electron chi connectivity index (χ0n) is 23.2. The molecule has 10 heteroatoms. The number of benzene rings is 2. The first kappa shape index (κ1) is 28.1. The van der Waals surface area contributed by atoms with Crippen molar-refractivity contribution in [1.29, 1.82) is 0 Å². The number of aromatic nitrogens is 1. The molecule has 2 aliphatic rings. The van der Waals surface area contributed by atoms with Gasteiger partial charge in [-0.1, -0.05) is 36.4 Å². The predicted molar refractivity (Wildman–Crippen MR) is 151 cm³/mol. The van der Waals surface area contributed by atoms with E-state index in [9.17, 15) is 14.4 Å². The Bertz CT molecular complexity index is 1390. The Balaban J connectivity index is 1.21. The average molecular weight is 559 g/mol. The van der Waals surface area contributed by atoms with Crippen LogP contribution in [0, 0.1) is 6.92 Å². The van der Waals surface area contributed by atoms with Crippen LogP contribution in [-0.2, 0) is 11.3 Å². The number of ether oxygens (including phenoxy) is 2. The number of carboxylic acids is 1. The number of likely N-dealkylation sites (tertiary alicyclic amines) is 1. The van der Waals surface area contributed by atoms with Gasteiger partial charge in [-0.15, -0.1) is 0 Å². The van der Waals surface area contributed by atoms with Crippen LogP contribution in [0.25, 0.3) is 0 Å². The van der Waals surface area contributed by atoms with Gasteiger partial charge in [-0.3, -0.25) is 4.90 Å². The minimum atomic E-state index is -0.986. The molecule has 1 aromatic heterocycles. The van der Waals surface area contributed by atoms with E-state index in [1.54, 1.807) is 19.1 Å². The number of nitrogens with zero attached hydrogens (tertiary/aromatic N) is 4. The smallest absolute Gasteiger partial charge is 0.418 e. The third kappa shape index (κ3) is 6.33. The number of aromatic carboxylic acids is 1. The molecule has 2 aromatic carbocycles. The van der Waals surface area contributed by atoms with Gasteiger partial charge in [-0.05, 0) is 62.1 Å². The first-order valence-corrected chi connectivity index (χ1v) is 13.9. The minimum absolute atomic E-state index is 0.0193. The highest BCUT2D eigenvalue weighted by atomic mass is 16.6. The zero-order chi connectivity index (χ0) is 28.9. The molecule has 1 N–H and O–H groups in total. The number of carbonyl (C=O) groups is 3. The van der Waals surface area contributed by atoms with Gasteiger partial charge in [0.2, 0.25) is 5.88 Å². The number of piperidine rings is 1. The molecule has 0 spiro atoms. The standard InChI is InChI=1S/C31H34N4O6/c1-3-40-31(39)34-20-27(22-7-5-4-6-8-22)35(30(34)38)25-15-17-33(18-16-25)19-24-11-14-28(32-21(24)2)41-26-12-9-23(10-13-26)29(36)37/h4-14,25,27H,3,15-20H2,1-2H3,(H,36,37)/t27-/m0/s1. The van der Waals surface area contributed by atoms with Crippen molar-refractivity contribution in [2.75, 3.05) is 26.2 Å². The van der Waals surface area contributed by atoms with E-state index < -0.39 is 12.1 Å². The summed E-state index contributed by atoms with van der Waals surface area (Å²) in [7, 11) is 0. The second-order valence-corrected chi connectivity index (χ2v) is 10.3. The SMILES string of the molecule is CCOC(=O)N1C[C@@H](c2ccccc2)N(C2CCN(Cc3ccc(Oc4ccc(C(=O)O)cc4)nc3C)CC2)C1=O. The van der Waals surface area contributed by atoms with Crippen LogP contribution < -0.4 is 4.74 Å². The molecule has 0 bridgehead atoms. The first-order chi connectivity index (χ1) is 19.8. The molecule has 3 heterocycles. The predicted octanol–water partition coefficient (Wildman–Crippen LogP) is 5.48. The van der Waals surface area contributed by atoms with E-state index >= 15 is 0 Å². The van der Waals surface area contributed by atoms with Crippen molar-refractivity contribution < 1.29 is 29.0 Å². The number of hydrogen-bond donors (Lipinski definition) is 1. The molecule has 5 rings (SSSR count). The molecule has 3 aromatic rings. The number of pyridine rings is 1. The number of urea groups is 1. The van der Waals surface area contributed by atoms with Gasteiger partial charge in [0.15, 0.2) is 0 Å². The minimum Gasteiger partial charge on any atom is -0.478 e. The van der Waals surface area contributed by atoms with Crippen molar-refractivity contribution in [3.8, 4) is 11.6 Å². The quantitative estimate of drug-likeness (QED) is 0.387. The molecule has 2 saturated heterocycles. The van der Waals surface area contributed by atoms with Gasteiger partial charge in [0.1, 0.15) is 5.75 Å². The Morgan fingerprint density at radius 2 is 1.71 bits per heavy atom.